The molecule has 0 unspecified atom stereocenters. The fourth-order valence-corrected chi connectivity index (χ4v) is 4.11. The second-order valence-corrected chi connectivity index (χ2v) is 7.02. The smallest absolute Gasteiger partial charge is 0.341 e. The Labute approximate surface area is 155 Å². The second-order valence-electron chi connectivity index (χ2n) is 5.99. The Bertz CT molecular complexity index is 993. The monoisotopic (exact) mass is 369 g/mol. The zero-order valence-electron chi connectivity index (χ0n) is 14.8. The summed E-state index contributed by atoms with van der Waals surface area (Å²) in [6.07, 6.45) is 0. The molecule has 0 aliphatic rings. The van der Waals surface area contributed by atoms with E-state index in [0.717, 1.165) is 15.8 Å². The third-order valence-electron chi connectivity index (χ3n) is 4.26. The largest absolute Gasteiger partial charge is 0.508 e. The number of benzene rings is 2. The third-order valence-corrected chi connectivity index (χ3v) is 5.44. The van der Waals surface area contributed by atoms with Gasteiger partial charge in [0, 0.05) is 17.0 Å². The van der Waals surface area contributed by atoms with Gasteiger partial charge < -0.3 is 9.84 Å². The molecule has 0 saturated carbocycles. The van der Waals surface area contributed by atoms with E-state index in [1.54, 1.807) is 17.0 Å². The highest BCUT2D eigenvalue weighted by Gasteiger charge is 2.26. The molecule has 5 nitrogen and oxygen atoms in total. The first kappa shape index (κ1) is 17.9. The number of carbonyl (C=O) groups excluding carboxylic acids is 2. The highest BCUT2D eigenvalue weighted by Crippen LogP contribution is 2.40. The summed E-state index contributed by atoms with van der Waals surface area (Å²) in [5.41, 5.74) is 2.41. The second kappa shape index (κ2) is 7.17. The SMILES string of the molecule is COC(=O)c1c(N(Cc2ccccc2C)C(C)=O)sc2cc(O)ccc12. The fraction of sp³-hybridized carbons (Fsp3) is 0.200. The molecule has 1 heterocycles. The van der Waals surface area contributed by atoms with E-state index in [2.05, 4.69) is 0 Å². The highest BCUT2D eigenvalue weighted by atomic mass is 32.1. The Kier molecular flexibility index (Phi) is 4.95. The van der Waals surface area contributed by atoms with Gasteiger partial charge in [0.05, 0.1) is 13.7 Å². The van der Waals surface area contributed by atoms with Crippen molar-refractivity contribution < 1.29 is 19.4 Å². The van der Waals surface area contributed by atoms with Gasteiger partial charge in [-0.15, -0.1) is 11.3 Å². The number of thiophene rings is 1. The predicted molar refractivity (Wildman–Crippen MR) is 103 cm³/mol. The average Bonchev–Trinajstić information content (AvgIpc) is 2.98. The summed E-state index contributed by atoms with van der Waals surface area (Å²) < 4.78 is 5.66. The van der Waals surface area contributed by atoms with Gasteiger partial charge >= 0.3 is 5.97 Å². The van der Waals surface area contributed by atoms with Crippen molar-refractivity contribution in [3.8, 4) is 5.75 Å². The molecule has 1 amide bonds. The summed E-state index contributed by atoms with van der Waals surface area (Å²) in [5.74, 6) is -0.572. The Morgan fingerprint density at radius 2 is 1.92 bits per heavy atom. The van der Waals surface area contributed by atoms with Gasteiger partial charge in [-0.05, 0) is 36.2 Å². The number of carbonyl (C=O) groups is 2. The number of aryl methyl sites for hydroxylation is 1. The lowest BCUT2D eigenvalue weighted by molar-refractivity contribution is -0.116. The topological polar surface area (TPSA) is 66.8 Å². The van der Waals surface area contributed by atoms with Crippen molar-refractivity contribution in [3.63, 3.8) is 0 Å². The molecule has 1 N–H and O–H groups in total. The maximum absolute atomic E-state index is 12.4. The molecular formula is C20H19NO4S. The molecule has 26 heavy (non-hydrogen) atoms. The van der Waals surface area contributed by atoms with Gasteiger partial charge in [-0.2, -0.15) is 0 Å². The van der Waals surface area contributed by atoms with E-state index in [1.807, 2.05) is 31.2 Å². The molecule has 6 heteroatoms. The number of hydrogen-bond acceptors (Lipinski definition) is 5. The molecular weight excluding hydrogens is 350 g/mol. The van der Waals surface area contributed by atoms with Crippen LogP contribution in [0.3, 0.4) is 0 Å². The van der Waals surface area contributed by atoms with Crippen molar-refractivity contribution in [2.75, 3.05) is 12.0 Å². The van der Waals surface area contributed by atoms with Crippen LogP contribution in [-0.4, -0.2) is 24.1 Å². The van der Waals surface area contributed by atoms with Gasteiger partial charge in [-0.1, -0.05) is 24.3 Å². The van der Waals surface area contributed by atoms with Crippen LogP contribution in [0.4, 0.5) is 5.00 Å². The summed E-state index contributed by atoms with van der Waals surface area (Å²) in [5, 5.41) is 10.9. The molecule has 3 rings (SSSR count). The average molecular weight is 369 g/mol. The number of phenols is 1. The Hall–Kier alpha value is -2.86. The summed E-state index contributed by atoms with van der Waals surface area (Å²) >= 11 is 1.29. The molecule has 2 aromatic carbocycles. The van der Waals surface area contributed by atoms with E-state index in [9.17, 15) is 14.7 Å². The first-order valence-electron chi connectivity index (χ1n) is 8.08. The molecule has 3 aromatic rings. The van der Waals surface area contributed by atoms with Gasteiger partial charge in [-0.3, -0.25) is 9.69 Å². The number of phenolic OH excluding ortho intramolecular Hbond substituents is 1. The van der Waals surface area contributed by atoms with Gasteiger partial charge in [0.2, 0.25) is 5.91 Å². The van der Waals surface area contributed by atoms with Crippen molar-refractivity contribution in [2.24, 2.45) is 0 Å². The van der Waals surface area contributed by atoms with E-state index in [-0.39, 0.29) is 11.7 Å². The molecule has 0 spiro atoms. The molecule has 134 valence electrons. The van der Waals surface area contributed by atoms with Crippen molar-refractivity contribution in [3.05, 3.63) is 59.2 Å². The molecule has 0 fully saturated rings. The number of aromatic hydroxyl groups is 1. The number of anilines is 1. The normalized spacial score (nSPS) is 10.7. The quantitative estimate of drug-likeness (QED) is 0.698. The van der Waals surface area contributed by atoms with Crippen molar-refractivity contribution in [2.45, 2.75) is 20.4 Å². The third kappa shape index (κ3) is 3.28. The van der Waals surface area contributed by atoms with Crippen molar-refractivity contribution in [1.82, 2.24) is 0 Å². The van der Waals surface area contributed by atoms with E-state index >= 15 is 0 Å². The van der Waals surface area contributed by atoms with Crippen LogP contribution in [0.5, 0.6) is 5.75 Å². The number of amides is 1. The number of ether oxygens (including phenoxy) is 1. The number of fused-ring (bicyclic) bond motifs is 1. The first-order valence-corrected chi connectivity index (χ1v) is 8.90. The van der Waals surface area contributed by atoms with Crippen LogP contribution in [0.1, 0.15) is 28.4 Å². The van der Waals surface area contributed by atoms with E-state index in [4.69, 9.17) is 4.74 Å². The van der Waals surface area contributed by atoms with Crippen LogP contribution < -0.4 is 4.90 Å². The zero-order valence-corrected chi connectivity index (χ0v) is 15.6. The number of methoxy groups -OCH3 is 1. The van der Waals surface area contributed by atoms with Gasteiger partial charge in [0.1, 0.15) is 16.3 Å². The molecule has 0 aliphatic carbocycles. The first-order chi connectivity index (χ1) is 12.4. The summed E-state index contributed by atoms with van der Waals surface area (Å²) in [7, 11) is 1.31. The van der Waals surface area contributed by atoms with Crippen LogP contribution in [-0.2, 0) is 16.1 Å². The van der Waals surface area contributed by atoms with Crippen molar-refractivity contribution >= 4 is 38.3 Å². The number of esters is 1. The number of hydrogen-bond donors (Lipinski definition) is 1. The van der Waals surface area contributed by atoms with Crippen LogP contribution in [0, 0.1) is 6.92 Å². The summed E-state index contributed by atoms with van der Waals surface area (Å²) in [4.78, 5) is 26.4. The Balaban J connectivity index is 2.17. The van der Waals surface area contributed by atoms with Crippen LogP contribution in [0.15, 0.2) is 42.5 Å². The van der Waals surface area contributed by atoms with E-state index < -0.39 is 5.97 Å². The zero-order chi connectivity index (χ0) is 18.8. The van der Waals surface area contributed by atoms with Crippen molar-refractivity contribution in [1.29, 1.82) is 0 Å². The minimum atomic E-state index is -0.507. The van der Waals surface area contributed by atoms with Gasteiger partial charge in [-0.25, -0.2) is 4.79 Å². The van der Waals surface area contributed by atoms with Crippen LogP contribution in [0.25, 0.3) is 10.1 Å². The fourth-order valence-electron chi connectivity index (χ4n) is 2.85. The molecule has 0 saturated heterocycles. The predicted octanol–water partition coefficient (Wildman–Crippen LogP) is 4.26. The molecule has 0 bridgehead atoms. The molecule has 0 atom stereocenters. The van der Waals surface area contributed by atoms with E-state index in [0.29, 0.717) is 22.5 Å². The lowest BCUT2D eigenvalue weighted by Crippen LogP contribution is -2.28. The van der Waals surface area contributed by atoms with E-state index in [1.165, 1.54) is 31.4 Å². The van der Waals surface area contributed by atoms with Gasteiger partial charge in [0.15, 0.2) is 0 Å². The molecule has 0 radical (unpaired) electrons. The minimum Gasteiger partial charge on any atom is -0.508 e. The Morgan fingerprint density at radius 3 is 2.58 bits per heavy atom. The molecule has 1 aromatic heterocycles. The van der Waals surface area contributed by atoms with Crippen LogP contribution in [0.2, 0.25) is 0 Å². The highest BCUT2D eigenvalue weighted by molar-refractivity contribution is 7.23. The molecule has 0 aliphatic heterocycles. The van der Waals surface area contributed by atoms with Gasteiger partial charge in [0.25, 0.3) is 0 Å². The lowest BCUT2D eigenvalue weighted by Gasteiger charge is -2.21. The maximum Gasteiger partial charge on any atom is 0.341 e. The minimum absolute atomic E-state index is 0.106. The Morgan fingerprint density at radius 1 is 1.19 bits per heavy atom. The lowest BCUT2D eigenvalue weighted by atomic mass is 10.1. The standard InChI is InChI=1S/C20H19NO4S/c1-12-6-4-5-7-14(12)11-21(13(2)22)19-18(20(24)25-3)16-9-8-15(23)10-17(16)26-19/h4-10,23H,11H2,1-3H3. The summed E-state index contributed by atoms with van der Waals surface area (Å²) in [6.45, 7) is 3.81. The number of rotatable bonds is 4. The maximum atomic E-state index is 12.4. The summed E-state index contributed by atoms with van der Waals surface area (Å²) in [6, 6.07) is 12.6. The van der Waals surface area contributed by atoms with Crippen LogP contribution >= 0.6 is 11.3 Å². The number of nitrogens with zero attached hydrogens (tertiary/aromatic N) is 1.